The van der Waals surface area contributed by atoms with E-state index in [1.807, 2.05) is 12.1 Å². The predicted molar refractivity (Wildman–Crippen MR) is 87.5 cm³/mol. The van der Waals surface area contributed by atoms with Crippen molar-refractivity contribution in [3.05, 3.63) is 39.6 Å². The minimum atomic E-state index is -0.232. The molecule has 0 radical (unpaired) electrons. The van der Waals surface area contributed by atoms with E-state index in [0.717, 1.165) is 16.9 Å². The van der Waals surface area contributed by atoms with Crippen LogP contribution in [0.4, 0.5) is 0 Å². The van der Waals surface area contributed by atoms with Crippen molar-refractivity contribution in [2.75, 3.05) is 21.3 Å². The molecule has 1 atom stereocenters. The summed E-state index contributed by atoms with van der Waals surface area (Å²) in [5.74, 6) is 1.81. The van der Waals surface area contributed by atoms with Crippen LogP contribution in [0.1, 0.15) is 27.6 Å². The van der Waals surface area contributed by atoms with Gasteiger partial charge in [-0.1, -0.05) is 6.92 Å². The molecule has 1 unspecified atom stereocenters. The van der Waals surface area contributed by atoms with Crippen LogP contribution in [0.3, 0.4) is 0 Å². The molecule has 0 spiro atoms. The number of ether oxygens (including phenoxy) is 3. The molecule has 5 heteroatoms. The van der Waals surface area contributed by atoms with Crippen LogP contribution in [0, 0.1) is 0 Å². The van der Waals surface area contributed by atoms with Crippen molar-refractivity contribution >= 4 is 22.9 Å². The number of methoxy groups -OCH3 is 3. The average Bonchev–Trinajstić information content (AvgIpc) is 3.01. The number of halogens is 1. The highest BCUT2D eigenvalue weighted by Gasteiger charge is 2.19. The summed E-state index contributed by atoms with van der Waals surface area (Å²) in [6, 6.07) is 7.98. The molecular formula is C16H19ClO3S. The fourth-order valence-electron chi connectivity index (χ4n) is 2.13. The fraction of sp³-hybridized carbons (Fsp3) is 0.375. The molecule has 2 aromatic rings. The van der Waals surface area contributed by atoms with Crippen LogP contribution >= 0.6 is 22.9 Å². The van der Waals surface area contributed by atoms with Gasteiger partial charge in [0.25, 0.3) is 0 Å². The third kappa shape index (κ3) is 3.27. The number of aryl methyl sites for hydroxylation is 1. The van der Waals surface area contributed by atoms with E-state index in [1.54, 1.807) is 32.7 Å². The molecule has 0 amide bonds. The minimum Gasteiger partial charge on any atom is -0.493 e. The first kappa shape index (κ1) is 16.0. The molecular weight excluding hydrogens is 308 g/mol. The molecule has 0 aliphatic heterocycles. The van der Waals surface area contributed by atoms with Crippen molar-refractivity contribution in [2.24, 2.45) is 0 Å². The summed E-state index contributed by atoms with van der Waals surface area (Å²) < 4.78 is 16.1. The van der Waals surface area contributed by atoms with Gasteiger partial charge in [-0.05, 0) is 36.2 Å². The van der Waals surface area contributed by atoms with Gasteiger partial charge in [-0.3, -0.25) is 0 Å². The molecule has 0 aliphatic carbocycles. The number of benzene rings is 1. The van der Waals surface area contributed by atoms with Crippen molar-refractivity contribution in [1.82, 2.24) is 0 Å². The number of hydrogen-bond acceptors (Lipinski definition) is 4. The first-order valence-corrected chi connectivity index (χ1v) is 7.92. The quantitative estimate of drug-likeness (QED) is 0.722. The summed E-state index contributed by atoms with van der Waals surface area (Å²) in [5, 5.41) is -0.232. The summed E-state index contributed by atoms with van der Waals surface area (Å²) in [4.78, 5) is 2.44. The highest BCUT2D eigenvalue weighted by molar-refractivity contribution is 7.12. The van der Waals surface area contributed by atoms with E-state index in [9.17, 15) is 0 Å². The summed E-state index contributed by atoms with van der Waals surface area (Å²) in [6.45, 7) is 2.14. The van der Waals surface area contributed by atoms with E-state index in [1.165, 1.54) is 4.88 Å². The van der Waals surface area contributed by atoms with Gasteiger partial charge in [-0.2, -0.15) is 0 Å². The second-order valence-electron chi connectivity index (χ2n) is 4.48. The summed E-state index contributed by atoms with van der Waals surface area (Å²) in [7, 11) is 4.79. The van der Waals surface area contributed by atoms with Gasteiger partial charge in [0.2, 0.25) is 5.75 Å². The lowest BCUT2D eigenvalue weighted by molar-refractivity contribution is 0.324. The molecule has 21 heavy (non-hydrogen) atoms. The van der Waals surface area contributed by atoms with Gasteiger partial charge < -0.3 is 14.2 Å². The van der Waals surface area contributed by atoms with Gasteiger partial charge in [0.05, 0.1) is 26.7 Å². The second-order valence-corrected chi connectivity index (χ2v) is 6.12. The number of alkyl halides is 1. The average molecular weight is 327 g/mol. The van der Waals surface area contributed by atoms with E-state index >= 15 is 0 Å². The molecule has 1 heterocycles. The van der Waals surface area contributed by atoms with E-state index in [4.69, 9.17) is 25.8 Å². The maximum Gasteiger partial charge on any atom is 0.203 e. The van der Waals surface area contributed by atoms with Gasteiger partial charge in [-0.15, -0.1) is 22.9 Å². The van der Waals surface area contributed by atoms with Crippen molar-refractivity contribution in [3.8, 4) is 17.2 Å². The molecule has 0 saturated carbocycles. The molecule has 0 N–H and O–H groups in total. The number of thiophene rings is 1. The lowest BCUT2D eigenvalue weighted by Gasteiger charge is -2.16. The zero-order valence-electron chi connectivity index (χ0n) is 12.6. The third-order valence-electron chi connectivity index (χ3n) is 3.26. The van der Waals surface area contributed by atoms with Crippen LogP contribution in [0.25, 0.3) is 0 Å². The van der Waals surface area contributed by atoms with Crippen molar-refractivity contribution < 1.29 is 14.2 Å². The molecule has 0 aliphatic rings. The molecule has 0 fully saturated rings. The Morgan fingerprint density at radius 2 is 1.67 bits per heavy atom. The largest absolute Gasteiger partial charge is 0.493 e. The first-order chi connectivity index (χ1) is 10.1. The van der Waals surface area contributed by atoms with Gasteiger partial charge in [0.15, 0.2) is 11.5 Å². The van der Waals surface area contributed by atoms with Gasteiger partial charge in [0.1, 0.15) is 0 Å². The predicted octanol–water partition coefficient (Wildman–Crippen LogP) is 4.66. The first-order valence-electron chi connectivity index (χ1n) is 6.67. The normalized spacial score (nSPS) is 12.0. The Balaban J connectivity index is 2.43. The van der Waals surface area contributed by atoms with Crippen LogP contribution < -0.4 is 14.2 Å². The number of hydrogen-bond donors (Lipinski definition) is 0. The van der Waals surface area contributed by atoms with E-state index in [0.29, 0.717) is 17.2 Å². The Morgan fingerprint density at radius 1 is 1.05 bits per heavy atom. The van der Waals surface area contributed by atoms with Crippen LogP contribution in [-0.2, 0) is 6.42 Å². The van der Waals surface area contributed by atoms with Crippen LogP contribution in [0.15, 0.2) is 24.3 Å². The summed E-state index contributed by atoms with van der Waals surface area (Å²) in [6.07, 6.45) is 1.02. The molecule has 114 valence electrons. The lowest BCUT2D eigenvalue weighted by atomic mass is 10.1. The van der Waals surface area contributed by atoms with E-state index < -0.39 is 0 Å². The standard InChI is InChI=1S/C16H19ClO3S/c1-5-11-6-7-14(21-11)15(17)10-8-12(18-2)16(20-4)13(9-10)19-3/h6-9,15H,5H2,1-4H3. The van der Waals surface area contributed by atoms with Crippen molar-refractivity contribution in [2.45, 2.75) is 18.7 Å². The zero-order valence-corrected chi connectivity index (χ0v) is 14.2. The molecule has 0 bridgehead atoms. The second kappa shape index (κ2) is 7.05. The van der Waals surface area contributed by atoms with Crippen LogP contribution in [0.5, 0.6) is 17.2 Å². The van der Waals surface area contributed by atoms with Gasteiger partial charge in [0, 0.05) is 9.75 Å². The van der Waals surface area contributed by atoms with Crippen LogP contribution in [-0.4, -0.2) is 21.3 Å². The Kier molecular flexibility index (Phi) is 5.37. The maximum absolute atomic E-state index is 6.61. The van der Waals surface area contributed by atoms with Gasteiger partial charge >= 0.3 is 0 Å². The number of rotatable bonds is 6. The lowest BCUT2D eigenvalue weighted by Crippen LogP contribution is -1.98. The molecule has 1 aromatic carbocycles. The Morgan fingerprint density at radius 3 is 2.10 bits per heavy atom. The Bertz CT molecular complexity index is 584. The topological polar surface area (TPSA) is 27.7 Å². The van der Waals surface area contributed by atoms with E-state index in [-0.39, 0.29) is 5.38 Å². The Hall–Kier alpha value is -1.39. The van der Waals surface area contributed by atoms with Crippen molar-refractivity contribution in [1.29, 1.82) is 0 Å². The monoisotopic (exact) mass is 326 g/mol. The fourth-order valence-corrected chi connectivity index (χ4v) is 3.42. The smallest absolute Gasteiger partial charge is 0.203 e. The molecule has 0 saturated heterocycles. The Labute approximate surface area is 134 Å². The van der Waals surface area contributed by atoms with Crippen molar-refractivity contribution in [3.63, 3.8) is 0 Å². The highest BCUT2D eigenvalue weighted by Crippen LogP contribution is 2.43. The third-order valence-corrected chi connectivity index (χ3v) is 5.17. The SMILES string of the molecule is CCc1ccc(C(Cl)c2cc(OC)c(OC)c(OC)c2)s1. The summed E-state index contributed by atoms with van der Waals surface area (Å²) >= 11 is 8.34. The highest BCUT2D eigenvalue weighted by atomic mass is 35.5. The van der Waals surface area contributed by atoms with E-state index in [2.05, 4.69) is 19.1 Å². The zero-order chi connectivity index (χ0) is 15.4. The van der Waals surface area contributed by atoms with Crippen LogP contribution in [0.2, 0.25) is 0 Å². The molecule has 2 rings (SSSR count). The molecule has 1 aromatic heterocycles. The van der Waals surface area contributed by atoms with Gasteiger partial charge in [-0.25, -0.2) is 0 Å². The summed E-state index contributed by atoms with van der Waals surface area (Å²) in [5.41, 5.74) is 0.927. The maximum atomic E-state index is 6.61. The molecule has 3 nitrogen and oxygen atoms in total. The minimum absolute atomic E-state index is 0.232.